The summed E-state index contributed by atoms with van der Waals surface area (Å²) in [7, 11) is 0. The molecular weight excluding hydrogens is 346 g/mol. The average molecular weight is 386 g/mol. The molecule has 1 N–H and O–H groups in total. The highest BCUT2D eigenvalue weighted by molar-refractivity contribution is 5.64. The van der Waals surface area contributed by atoms with E-state index in [0.717, 1.165) is 39.3 Å². The van der Waals surface area contributed by atoms with E-state index in [9.17, 15) is 0 Å². The molecule has 3 aliphatic rings. The minimum atomic E-state index is 0.301. The predicted molar refractivity (Wildman–Crippen MR) is 119 cm³/mol. The van der Waals surface area contributed by atoms with Crippen LogP contribution in [0.5, 0.6) is 0 Å². The second kappa shape index (κ2) is 8.23. The number of nitrogens with zero attached hydrogens (tertiary/aromatic N) is 2. The van der Waals surface area contributed by atoms with Gasteiger partial charge in [-0.15, -0.1) is 0 Å². The summed E-state index contributed by atoms with van der Waals surface area (Å²) in [6, 6.07) is 7.31. The van der Waals surface area contributed by atoms with Gasteiger partial charge in [0.25, 0.3) is 0 Å². The fourth-order valence-electron chi connectivity index (χ4n) is 5.36. The van der Waals surface area contributed by atoms with Gasteiger partial charge in [-0.25, -0.2) is 0 Å². The summed E-state index contributed by atoms with van der Waals surface area (Å²) in [5, 5.41) is 3.50. The molecule has 2 heterocycles. The normalized spacial score (nSPS) is 29.1. The minimum Gasteiger partial charge on any atom is -0.372 e. The van der Waals surface area contributed by atoms with Crippen molar-refractivity contribution in [1.82, 2.24) is 5.32 Å². The molecule has 28 heavy (non-hydrogen) atoms. The molecule has 0 spiro atoms. The summed E-state index contributed by atoms with van der Waals surface area (Å²) in [5.74, 6) is 0.703. The third kappa shape index (κ3) is 4.49. The molecule has 2 saturated heterocycles. The molecule has 4 heteroatoms. The fraction of sp³-hybridized carbons (Fsp3) is 0.750. The molecule has 0 bridgehead atoms. The lowest BCUT2D eigenvalue weighted by Crippen LogP contribution is -2.46. The zero-order valence-corrected chi connectivity index (χ0v) is 18.3. The number of benzene rings is 1. The second-order valence-electron chi connectivity index (χ2n) is 10.1. The molecule has 4 nitrogen and oxygen atoms in total. The number of rotatable bonds is 3. The maximum atomic E-state index is 5.97. The Labute approximate surface area is 171 Å². The predicted octanol–water partition coefficient (Wildman–Crippen LogP) is 4.39. The Morgan fingerprint density at radius 1 is 0.964 bits per heavy atom. The molecule has 156 valence electrons. The Morgan fingerprint density at radius 2 is 1.61 bits per heavy atom. The van der Waals surface area contributed by atoms with Gasteiger partial charge < -0.3 is 19.9 Å². The summed E-state index contributed by atoms with van der Waals surface area (Å²) >= 11 is 0. The van der Waals surface area contributed by atoms with E-state index >= 15 is 0 Å². The zero-order chi connectivity index (χ0) is 19.7. The summed E-state index contributed by atoms with van der Waals surface area (Å²) in [4.78, 5) is 5.15. The van der Waals surface area contributed by atoms with Crippen molar-refractivity contribution in [2.75, 3.05) is 49.1 Å². The molecule has 1 aromatic rings. The molecule has 0 radical (unpaired) electrons. The van der Waals surface area contributed by atoms with E-state index in [4.69, 9.17) is 4.74 Å². The van der Waals surface area contributed by atoms with Crippen LogP contribution in [-0.2, 0) is 4.74 Å². The van der Waals surface area contributed by atoms with E-state index in [1.54, 1.807) is 5.56 Å². The maximum Gasteiger partial charge on any atom is 0.0726 e. The summed E-state index contributed by atoms with van der Waals surface area (Å²) in [6.45, 7) is 15.7. The molecule has 0 amide bonds. The van der Waals surface area contributed by atoms with E-state index in [1.165, 1.54) is 37.1 Å². The van der Waals surface area contributed by atoms with Gasteiger partial charge in [0.05, 0.1) is 12.2 Å². The number of piperazine rings is 1. The van der Waals surface area contributed by atoms with Crippen molar-refractivity contribution in [3.63, 3.8) is 0 Å². The third-order valence-corrected chi connectivity index (χ3v) is 7.03. The van der Waals surface area contributed by atoms with Crippen LogP contribution in [0.4, 0.5) is 11.4 Å². The number of morpholine rings is 1. The molecule has 0 aromatic heterocycles. The lowest BCUT2D eigenvalue weighted by molar-refractivity contribution is -0.00522. The van der Waals surface area contributed by atoms with Crippen LogP contribution in [0.2, 0.25) is 0 Å². The first-order chi connectivity index (χ1) is 13.4. The third-order valence-electron chi connectivity index (χ3n) is 7.03. The highest BCUT2D eigenvalue weighted by atomic mass is 16.5. The molecule has 3 fully saturated rings. The highest BCUT2D eigenvalue weighted by Crippen LogP contribution is 2.45. The Hall–Kier alpha value is -1.26. The fourth-order valence-corrected chi connectivity index (χ4v) is 5.36. The van der Waals surface area contributed by atoms with Crippen LogP contribution in [0.3, 0.4) is 0 Å². The van der Waals surface area contributed by atoms with Crippen LogP contribution < -0.4 is 15.1 Å². The molecule has 2 atom stereocenters. The molecular formula is C24H39N3O. The SMILES string of the molecule is C[C@@H]1CN(c2ccc(N3CCNCC3)c(C3CCC(C)(C)CC3)c2)C[C@H](C)O1. The smallest absolute Gasteiger partial charge is 0.0726 e. The molecule has 1 aliphatic carbocycles. The lowest BCUT2D eigenvalue weighted by Gasteiger charge is -2.40. The standard InChI is InChI=1S/C24H39N3O/c1-18-16-27(17-19(2)28-18)21-5-6-23(26-13-11-25-12-14-26)22(15-21)20-7-9-24(3,4)10-8-20/h5-6,15,18-20,25H,7-14,16-17H2,1-4H3/t18-,19+. The van der Waals surface area contributed by atoms with E-state index < -0.39 is 0 Å². The summed E-state index contributed by atoms with van der Waals surface area (Å²) in [5.41, 5.74) is 4.99. The average Bonchev–Trinajstić information content (AvgIpc) is 2.67. The van der Waals surface area contributed by atoms with Crippen molar-refractivity contribution in [1.29, 1.82) is 0 Å². The van der Waals surface area contributed by atoms with Crippen LogP contribution in [0.1, 0.15) is 64.9 Å². The highest BCUT2D eigenvalue weighted by Gasteiger charge is 2.31. The van der Waals surface area contributed by atoms with Gasteiger partial charge in [0.15, 0.2) is 0 Å². The molecule has 1 aromatic carbocycles. The van der Waals surface area contributed by atoms with Gasteiger partial charge in [-0.1, -0.05) is 13.8 Å². The number of hydrogen-bond acceptors (Lipinski definition) is 4. The van der Waals surface area contributed by atoms with Crippen LogP contribution in [0.15, 0.2) is 18.2 Å². The van der Waals surface area contributed by atoms with Gasteiger partial charge in [-0.2, -0.15) is 0 Å². The quantitative estimate of drug-likeness (QED) is 0.835. The molecule has 1 saturated carbocycles. The minimum absolute atomic E-state index is 0.301. The topological polar surface area (TPSA) is 27.7 Å². The Balaban J connectivity index is 1.63. The Morgan fingerprint density at radius 3 is 2.25 bits per heavy atom. The van der Waals surface area contributed by atoms with Crippen LogP contribution >= 0.6 is 0 Å². The van der Waals surface area contributed by atoms with Crippen LogP contribution in [-0.4, -0.2) is 51.5 Å². The van der Waals surface area contributed by atoms with Gasteiger partial charge in [0.2, 0.25) is 0 Å². The van der Waals surface area contributed by atoms with Crippen molar-refractivity contribution in [3.8, 4) is 0 Å². The first-order valence-electron chi connectivity index (χ1n) is 11.4. The van der Waals surface area contributed by atoms with Gasteiger partial charge in [-0.05, 0) is 74.6 Å². The number of nitrogens with one attached hydrogen (secondary N) is 1. The Kier molecular flexibility index (Phi) is 5.89. The van der Waals surface area contributed by atoms with Crippen LogP contribution in [0.25, 0.3) is 0 Å². The second-order valence-corrected chi connectivity index (χ2v) is 10.1. The van der Waals surface area contributed by atoms with Crippen molar-refractivity contribution >= 4 is 11.4 Å². The summed E-state index contributed by atoms with van der Waals surface area (Å²) < 4.78 is 5.97. The lowest BCUT2D eigenvalue weighted by atomic mass is 9.71. The molecule has 2 aliphatic heterocycles. The largest absolute Gasteiger partial charge is 0.372 e. The van der Waals surface area contributed by atoms with E-state index in [-0.39, 0.29) is 0 Å². The van der Waals surface area contributed by atoms with E-state index in [2.05, 4.69) is 61.0 Å². The van der Waals surface area contributed by atoms with Crippen molar-refractivity contribution < 1.29 is 4.74 Å². The van der Waals surface area contributed by atoms with Crippen molar-refractivity contribution in [3.05, 3.63) is 23.8 Å². The van der Waals surface area contributed by atoms with Gasteiger partial charge in [0, 0.05) is 50.6 Å². The van der Waals surface area contributed by atoms with Gasteiger partial charge in [-0.3, -0.25) is 0 Å². The maximum absolute atomic E-state index is 5.97. The Bertz CT molecular complexity index is 648. The number of ether oxygens (including phenoxy) is 1. The first kappa shape index (κ1) is 20.0. The van der Waals surface area contributed by atoms with Gasteiger partial charge >= 0.3 is 0 Å². The number of hydrogen-bond donors (Lipinski definition) is 1. The van der Waals surface area contributed by atoms with Crippen molar-refractivity contribution in [2.45, 2.75) is 71.5 Å². The molecule has 4 rings (SSSR count). The molecule has 0 unspecified atom stereocenters. The van der Waals surface area contributed by atoms with Gasteiger partial charge in [0.1, 0.15) is 0 Å². The number of anilines is 2. The van der Waals surface area contributed by atoms with Crippen LogP contribution in [0, 0.1) is 5.41 Å². The van der Waals surface area contributed by atoms with Crippen molar-refractivity contribution in [2.24, 2.45) is 5.41 Å². The first-order valence-corrected chi connectivity index (χ1v) is 11.4. The van der Waals surface area contributed by atoms with E-state index in [1.807, 2.05) is 0 Å². The van der Waals surface area contributed by atoms with E-state index in [0.29, 0.717) is 23.5 Å². The zero-order valence-electron chi connectivity index (χ0n) is 18.3. The summed E-state index contributed by atoms with van der Waals surface area (Å²) in [6.07, 6.45) is 5.94. The monoisotopic (exact) mass is 385 g/mol.